The van der Waals surface area contributed by atoms with Crippen molar-refractivity contribution in [2.24, 2.45) is 5.73 Å². The molecule has 0 spiro atoms. The first-order valence-corrected chi connectivity index (χ1v) is 10.8. The molecule has 0 aromatic carbocycles. The van der Waals surface area contributed by atoms with E-state index in [0.29, 0.717) is 0 Å². The average molecular weight is 370 g/mol. The van der Waals surface area contributed by atoms with Gasteiger partial charge in [-0.25, -0.2) is 21.6 Å². The van der Waals surface area contributed by atoms with Crippen LogP contribution in [0.3, 0.4) is 0 Å². The Labute approximate surface area is 138 Å². The van der Waals surface area contributed by atoms with Gasteiger partial charge in [0.2, 0.25) is 0 Å². The summed E-state index contributed by atoms with van der Waals surface area (Å²) in [5, 5.41) is 2.56. The maximum atomic E-state index is 11.3. The lowest BCUT2D eigenvalue weighted by atomic mass is 10.1. The van der Waals surface area contributed by atoms with Gasteiger partial charge in [0.05, 0.1) is 28.6 Å². The van der Waals surface area contributed by atoms with E-state index in [1.165, 1.54) is 0 Å². The summed E-state index contributed by atoms with van der Waals surface area (Å²) in [7, 11) is -5.66. The molecule has 2 rings (SSSR count). The molecular formula is C13H26N2O6S2. The van der Waals surface area contributed by atoms with Gasteiger partial charge >= 0.3 is 6.09 Å². The minimum atomic E-state index is -2.95. The zero-order chi connectivity index (χ0) is 18.3. The van der Waals surface area contributed by atoms with Gasteiger partial charge in [0, 0.05) is 5.54 Å². The van der Waals surface area contributed by atoms with Gasteiger partial charge in [0.25, 0.3) is 0 Å². The Morgan fingerprint density at radius 3 is 1.61 bits per heavy atom. The van der Waals surface area contributed by atoms with E-state index in [1.54, 1.807) is 34.6 Å². The van der Waals surface area contributed by atoms with Crippen LogP contribution in [0.2, 0.25) is 0 Å². The Balaban J connectivity index is 0.000000277. The summed E-state index contributed by atoms with van der Waals surface area (Å²) in [4.78, 5) is 11.3. The van der Waals surface area contributed by atoms with E-state index in [9.17, 15) is 21.6 Å². The van der Waals surface area contributed by atoms with Crippen molar-refractivity contribution in [1.29, 1.82) is 0 Å². The highest BCUT2D eigenvalue weighted by Gasteiger charge is 2.46. The molecule has 0 bridgehead atoms. The largest absolute Gasteiger partial charge is 0.444 e. The number of nitrogens with two attached hydrogens (primary N) is 1. The van der Waals surface area contributed by atoms with Crippen molar-refractivity contribution in [2.75, 3.05) is 23.0 Å². The maximum Gasteiger partial charge on any atom is 0.408 e. The fourth-order valence-corrected chi connectivity index (χ4v) is 6.44. The third kappa shape index (κ3) is 7.05. The van der Waals surface area contributed by atoms with Crippen LogP contribution < -0.4 is 11.1 Å². The van der Waals surface area contributed by atoms with Gasteiger partial charge in [-0.3, -0.25) is 0 Å². The Morgan fingerprint density at radius 1 is 1.00 bits per heavy atom. The molecule has 3 N–H and O–H groups in total. The third-order valence-corrected chi connectivity index (χ3v) is 7.33. The molecule has 0 aliphatic carbocycles. The molecule has 0 atom stereocenters. The van der Waals surface area contributed by atoms with Gasteiger partial charge in [-0.05, 0) is 34.6 Å². The van der Waals surface area contributed by atoms with Crippen LogP contribution in [0.25, 0.3) is 0 Å². The minimum absolute atomic E-state index is 0.0146. The first-order valence-electron chi connectivity index (χ1n) is 7.14. The summed E-state index contributed by atoms with van der Waals surface area (Å²) in [5.74, 6) is 0.276. The van der Waals surface area contributed by atoms with E-state index in [1.807, 2.05) is 0 Å². The third-order valence-electron chi connectivity index (χ3n) is 2.98. The Hall–Kier alpha value is -0.870. The molecule has 2 aliphatic rings. The van der Waals surface area contributed by atoms with Crippen molar-refractivity contribution in [3.8, 4) is 0 Å². The highest BCUT2D eigenvalue weighted by molar-refractivity contribution is 7.93. The van der Waals surface area contributed by atoms with Crippen LogP contribution in [-0.4, -0.2) is 62.6 Å². The van der Waals surface area contributed by atoms with E-state index in [0.717, 1.165) is 0 Å². The molecule has 0 radical (unpaired) electrons. The molecule has 2 aliphatic heterocycles. The van der Waals surface area contributed by atoms with Crippen LogP contribution in [0.5, 0.6) is 0 Å². The molecule has 2 heterocycles. The Morgan fingerprint density at radius 2 is 1.39 bits per heavy atom. The molecule has 2 fully saturated rings. The predicted octanol–water partition coefficient (Wildman–Crippen LogP) is -0.170. The Kier molecular flexibility index (Phi) is 5.17. The molecule has 1 amide bonds. The van der Waals surface area contributed by atoms with E-state index < -0.39 is 42.4 Å². The fraction of sp³-hybridized carbons (Fsp3) is 0.923. The van der Waals surface area contributed by atoms with Crippen molar-refractivity contribution < 1.29 is 26.4 Å². The number of alkyl carbamates (subject to hydrolysis) is 1. The number of ether oxygens (including phenoxy) is 1. The molecule has 10 heteroatoms. The van der Waals surface area contributed by atoms with Gasteiger partial charge in [-0.15, -0.1) is 0 Å². The number of carbonyl (C=O) groups is 1. The second-order valence-electron chi connectivity index (χ2n) is 7.91. The minimum Gasteiger partial charge on any atom is -0.444 e. The van der Waals surface area contributed by atoms with Crippen LogP contribution >= 0.6 is 0 Å². The first kappa shape index (κ1) is 20.2. The number of amides is 1. The quantitative estimate of drug-likeness (QED) is 0.654. The second kappa shape index (κ2) is 5.89. The van der Waals surface area contributed by atoms with Crippen LogP contribution in [-0.2, 0) is 24.4 Å². The van der Waals surface area contributed by atoms with Gasteiger partial charge < -0.3 is 15.8 Å². The summed E-state index contributed by atoms with van der Waals surface area (Å²) in [6.45, 7) is 8.71. The molecule has 23 heavy (non-hydrogen) atoms. The van der Waals surface area contributed by atoms with Gasteiger partial charge in [-0.2, -0.15) is 0 Å². The molecule has 0 aromatic heterocycles. The second-order valence-corrected chi connectivity index (χ2v) is 12.0. The molecule has 2 saturated heterocycles. The molecule has 8 nitrogen and oxygen atoms in total. The van der Waals surface area contributed by atoms with E-state index >= 15 is 0 Å². The summed E-state index contributed by atoms with van der Waals surface area (Å²) >= 11 is 0. The van der Waals surface area contributed by atoms with Crippen molar-refractivity contribution >= 4 is 25.8 Å². The van der Waals surface area contributed by atoms with Crippen molar-refractivity contribution in [3.63, 3.8) is 0 Å². The highest BCUT2D eigenvalue weighted by Crippen LogP contribution is 2.23. The lowest BCUT2D eigenvalue weighted by Crippen LogP contribution is -2.63. The molecule has 136 valence electrons. The summed E-state index contributed by atoms with van der Waals surface area (Å²) in [5.41, 5.74) is 3.75. The van der Waals surface area contributed by atoms with Gasteiger partial charge in [0.15, 0.2) is 19.7 Å². The first-order chi connectivity index (χ1) is 9.93. The number of carbonyl (C=O) groups excluding carboxylic acids is 1. The summed E-state index contributed by atoms with van der Waals surface area (Å²) in [6, 6.07) is 0. The van der Waals surface area contributed by atoms with Gasteiger partial charge in [-0.1, -0.05) is 0 Å². The molecule has 0 aromatic rings. The van der Waals surface area contributed by atoms with Crippen LogP contribution in [0.1, 0.15) is 34.6 Å². The Bertz CT molecular complexity index is 648. The zero-order valence-corrected chi connectivity index (χ0v) is 15.8. The van der Waals surface area contributed by atoms with Crippen LogP contribution in [0.4, 0.5) is 4.79 Å². The monoisotopic (exact) mass is 370 g/mol. The van der Waals surface area contributed by atoms with E-state index in [2.05, 4.69) is 5.32 Å². The number of hydrogen-bond acceptors (Lipinski definition) is 7. The van der Waals surface area contributed by atoms with Crippen molar-refractivity contribution in [1.82, 2.24) is 5.32 Å². The lowest BCUT2D eigenvalue weighted by Gasteiger charge is -2.38. The smallest absolute Gasteiger partial charge is 0.408 e. The zero-order valence-electron chi connectivity index (χ0n) is 14.2. The molecule has 0 saturated carbocycles. The SMILES string of the molecule is CC1(N)CS(=O)(=O)C1.CC1(NC(=O)OC(C)(C)C)CS(=O)(=O)C1. The van der Waals surface area contributed by atoms with Gasteiger partial charge in [0.1, 0.15) is 5.60 Å². The van der Waals surface area contributed by atoms with Crippen molar-refractivity contribution in [3.05, 3.63) is 0 Å². The van der Waals surface area contributed by atoms with Crippen LogP contribution in [0, 0.1) is 0 Å². The highest BCUT2D eigenvalue weighted by atomic mass is 32.2. The normalized spacial score (nSPS) is 25.7. The maximum absolute atomic E-state index is 11.3. The molecule has 0 unspecified atom stereocenters. The predicted molar refractivity (Wildman–Crippen MR) is 87.7 cm³/mol. The van der Waals surface area contributed by atoms with Crippen molar-refractivity contribution in [2.45, 2.75) is 51.3 Å². The molecular weight excluding hydrogens is 344 g/mol. The number of hydrogen-bond donors (Lipinski definition) is 2. The topological polar surface area (TPSA) is 133 Å². The van der Waals surface area contributed by atoms with E-state index in [4.69, 9.17) is 10.5 Å². The average Bonchev–Trinajstić information content (AvgIpc) is 2.03. The number of nitrogens with one attached hydrogen (secondary N) is 1. The lowest BCUT2D eigenvalue weighted by molar-refractivity contribution is 0.0477. The summed E-state index contributed by atoms with van der Waals surface area (Å²) in [6.07, 6.45) is -0.570. The standard InChI is InChI=1S/C9H17NO4S.C4H9NO2S/c1-8(2,3)14-7(11)10-9(4)5-15(12,13)6-9;1-4(5)2-8(6,7)3-4/h5-6H2,1-4H3,(H,10,11);2-3,5H2,1H3. The number of rotatable bonds is 1. The fourth-order valence-electron chi connectivity index (χ4n) is 2.51. The summed E-state index contributed by atoms with van der Waals surface area (Å²) < 4.78 is 47.8. The number of sulfone groups is 2. The van der Waals surface area contributed by atoms with Crippen LogP contribution in [0.15, 0.2) is 0 Å². The van der Waals surface area contributed by atoms with E-state index in [-0.39, 0.29) is 23.0 Å².